The zero-order valence-electron chi connectivity index (χ0n) is 24.3. The van der Waals surface area contributed by atoms with Crippen molar-refractivity contribution < 1.29 is 9.47 Å². The van der Waals surface area contributed by atoms with E-state index in [1.165, 1.54) is 54.9 Å². The zero-order valence-corrected chi connectivity index (χ0v) is 26.0. The van der Waals surface area contributed by atoms with Crippen LogP contribution in [0.4, 0.5) is 0 Å². The van der Waals surface area contributed by atoms with Gasteiger partial charge in [0.05, 0.1) is 14.2 Å². The number of ether oxygens (including phenoxy) is 2. The van der Waals surface area contributed by atoms with Crippen LogP contribution < -0.4 is 9.47 Å². The number of hydrogen-bond donors (Lipinski definition) is 0. The molecule has 0 aromatic heterocycles. The molecule has 0 amide bonds. The normalized spacial score (nSPS) is 12.8. The lowest BCUT2D eigenvalue weighted by Gasteiger charge is -2.21. The summed E-state index contributed by atoms with van der Waals surface area (Å²) in [6.45, 7) is 4.53. The summed E-state index contributed by atoms with van der Waals surface area (Å²) in [5, 5.41) is 5.46. The van der Waals surface area contributed by atoms with Crippen molar-refractivity contribution in [3.8, 4) is 33.8 Å². The van der Waals surface area contributed by atoms with E-state index >= 15 is 0 Å². The number of benzene rings is 6. The molecule has 0 unspecified atom stereocenters. The summed E-state index contributed by atoms with van der Waals surface area (Å²) >= 11 is 0. The van der Waals surface area contributed by atoms with E-state index in [2.05, 4.69) is 135 Å². The average molecular weight is 587 g/mol. The van der Waals surface area contributed by atoms with Crippen LogP contribution in [0.2, 0.25) is 0 Å². The molecule has 0 spiro atoms. The SMILES string of the molecule is COc1ccc(-c2cccc3ccccc23)cc1[C@@H](C)SS[C@H](C)c1cc(-c2cccc3ccccc23)ccc1OC. The van der Waals surface area contributed by atoms with Gasteiger partial charge in [-0.3, -0.25) is 0 Å². The van der Waals surface area contributed by atoms with Gasteiger partial charge in [-0.15, -0.1) is 0 Å². The van der Waals surface area contributed by atoms with Gasteiger partial charge < -0.3 is 9.47 Å². The lowest BCUT2D eigenvalue weighted by atomic mass is 9.96. The van der Waals surface area contributed by atoms with E-state index in [-0.39, 0.29) is 10.5 Å². The van der Waals surface area contributed by atoms with Crippen molar-refractivity contribution in [3.05, 3.63) is 132 Å². The molecule has 210 valence electrons. The second-order valence-corrected chi connectivity index (χ2v) is 13.4. The predicted octanol–water partition coefficient (Wildman–Crippen LogP) is 11.5. The van der Waals surface area contributed by atoms with Gasteiger partial charge in [0.2, 0.25) is 0 Å². The molecule has 0 heterocycles. The molecular formula is C38H34O2S2. The Kier molecular flexibility index (Phi) is 8.46. The van der Waals surface area contributed by atoms with Crippen molar-refractivity contribution in [1.82, 2.24) is 0 Å². The first kappa shape index (κ1) is 28.3. The molecule has 0 saturated heterocycles. The highest BCUT2D eigenvalue weighted by Gasteiger charge is 2.19. The van der Waals surface area contributed by atoms with E-state index in [1.807, 2.05) is 21.6 Å². The molecule has 0 aliphatic heterocycles. The van der Waals surface area contributed by atoms with Gasteiger partial charge in [0, 0.05) is 21.6 Å². The molecule has 6 aromatic carbocycles. The molecule has 0 N–H and O–H groups in total. The van der Waals surface area contributed by atoms with Crippen molar-refractivity contribution in [2.24, 2.45) is 0 Å². The van der Waals surface area contributed by atoms with Gasteiger partial charge in [-0.1, -0.05) is 119 Å². The van der Waals surface area contributed by atoms with Crippen LogP contribution in [0.15, 0.2) is 121 Å². The second kappa shape index (κ2) is 12.6. The fourth-order valence-electron chi connectivity index (χ4n) is 5.66. The fourth-order valence-corrected chi connectivity index (χ4v) is 8.19. The van der Waals surface area contributed by atoms with Crippen molar-refractivity contribution >= 4 is 43.1 Å². The molecule has 0 aliphatic rings. The second-order valence-electron chi connectivity index (χ2n) is 10.4. The third-order valence-corrected chi connectivity index (χ3v) is 11.1. The number of methoxy groups -OCH3 is 2. The maximum atomic E-state index is 5.83. The summed E-state index contributed by atoms with van der Waals surface area (Å²) in [5.41, 5.74) is 7.29. The van der Waals surface area contributed by atoms with Gasteiger partial charge in [-0.2, -0.15) is 0 Å². The smallest absolute Gasteiger partial charge is 0.123 e. The summed E-state index contributed by atoms with van der Waals surface area (Å²) in [7, 11) is 7.26. The summed E-state index contributed by atoms with van der Waals surface area (Å²) in [6.07, 6.45) is 0. The molecule has 0 bridgehead atoms. The Hall–Kier alpha value is -3.86. The van der Waals surface area contributed by atoms with E-state index in [4.69, 9.17) is 9.47 Å². The van der Waals surface area contributed by atoms with Crippen molar-refractivity contribution in [1.29, 1.82) is 0 Å². The van der Waals surface area contributed by atoms with Crippen LogP contribution in [0.3, 0.4) is 0 Å². The minimum absolute atomic E-state index is 0.217. The maximum absolute atomic E-state index is 5.83. The lowest BCUT2D eigenvalue weighted by molar-refractivity contribution is 0.410. The van der Waals surface area contributed by atoms with E-state index in [0.717, 1.165) is 11.5 Å². The number of rotatable bonds is 9. The van der Waals surface area contributed by atoms with E-state index in [9.17, 15) is 0 Å². The predicted molar refractivity (Wildman–Crippen MR) is 184 cm³/mol. The van der Waals surface area contributed by atoms with E-state index in [0.29, 0.717) is 0 Å². The van der Waals surface area contributed by atoms with Crippen LogP contribution >= 0.6 is 21.6 Å². The highest BCUT2D eigenvalue weighted by atomic mass is 33.1. The highest BCUT2D eigenvalue weighted by Crippen LogP contribution is 2.50. The molecule has 0 fully saturated rings. The fraction of sp³-hybridized carbons (Fsp3) is 0.158. The van der Waals surface area contributed by atoms with Crippen LogP contribution in [0.5, 0.6) is 11.5 Å². The van der Waals surface area contributed by atoms with Gasteiger partial charge in [0.1, 0.15) is 11.5 Å². The van der Waals surface area contributed by atoms with Gasteiger partial charge >= 0.3 is 0 Å². The van der Waals surface area contributed by atoms with Crippen LogP contribution in [0, 0.1) is 0 Å². The van der Waals surface area contributed by atoms with E-state index in [1.54, 1.807) is 14.2 Å². The lowest BCUT2D eigenvalue weighted by Crippen LogP contribution is -1.97. The molecule has 42 heavy (non-hydrogen) atoms. The van der Waals surface area contributed by atoms with Crippen LogP contribution in [0.1, 0.15) is 35.5 Å². The number of hydrogen-bond acceptors (Lipinski definition) is 4. The Labute approximate surface area is 256 Å². The molecule has 6 rings (SSSR count). The third kappa shape index (κ3) is 5.62. The molecule has 0 radical (unpaired) electrons. The average Bonchev–Trinajstić information content (AvgIpc) is 3.05. The topological polar surface area (TPSA) is 18.5 Å². The summed E-state index contributed by atoms with van der Waals surface area (Å²) in [5.74, 6) is 1.84. The standard InChI is InChI=1S/C38H34O2S2/c1-25(35-23-29(19-21-37(35)39-3)33-17-9-13-27-11-5-7-15-31(27)33)41-42-26(2)36-24-30(20-22-38(36)40-4)34-18-10-14-28-12-6-8-16-32(28)34/h5-26H,1-4H3/t25-,26-/m1/s1. The van der Waals surface area contributed by atoms with Gasteiger partial charge in [0.15, 0.2) is 0 Å². The Morgan fingerprint density at radius 1 is 0.476 bits per heavy atom. The Bertz CT molecular complexity index is 1720. The number of fused-ring (bicyclic) bond motifs is 2. The Morgan fingerprint density at radius 3 is 1.31 bits per heavy atom. The monoisotopic (exact) mass is 586 g/mol. The first-order valence-corrected chi connectivity index (χ1v) is 16.5. The molecule has 2 atom stereocenters. The minimum Gasteiger partial charge on any atom is -0.496 e. The minimum atomic E-state index is 0.217. The van der Waals surface area contributed by atoms with Gasteiger partial charge in [0.25, 0.3) is 0 Å². The molecule has 0 aliphatic carbocycles. The van der Waals surface area contributed by atoms with E-state index < -0.39 is 0 Å². The quantitative estimate of drug-likeness (QED) is 0.157. The molecule has 0 saturated carbocycles. The van der Waals surface area contributed by atoms with Crippen LogP contribution in [-0.2, 0) is 0 Å². The van der Waals surface area contributed by atoms with Crippen molar-refractivity contribution in [2.45, 2.75) is 24.3 Å². The Morgan fingerprint density at radius 2 is 0.881 bits per heavy atom. The van der Waals surface area contributed by atoms with Crippen LogP contribution in [-0.4, -0.2) is 14.2 Å². The molecule has 2 nitrogen and oxygen atoms in total. The first-order chi connectivity index (χ1) is 20.6. The van der Waals surface area contributed by atoms with Gasteiger partial charge in [-0.25, -0.2) is 0 Å². The summed E-state index contributed by atoms with van der Waals surface area (Å²) in [6, 6.07) is 43.3. The zero-order chi connectivity index (χ0) is 29.1. The first-order valence-electron chi connectivity index (χ1n) is 14.2. The third-order valence-electron chi connectivity index (χ3n) is 7.88. The van der Waals surface area contributed by atoms with Gasteiger partial charge in [-0.05, 0) is 81.9 Å². The van der Waals surface area contributed by atoms with Crippen molar-refractivity contribution in [3.63, 3.8) is 0 Å². The molecular weight excluding hydrogens is 553 g/mol. The summed E-state index contributed by atoms with van der Waals surface area (Å²) < 4.78 is 11.7. The van der Waals surface area contributed by atoms with Crippen LogP contribution in [0.25, 0.3) is 43.8 Å². The summed E-state index contributed by atoms with van der Waals surface area (Å²) in [4.78, 5) is 0. The highest BCUT2D eigenvalue weighted by molar-refractivity contribution is 8.76. The van der Waals surface area contributed by atoms with Crippen molar-refractivity contribution in [2.75, 3.05) is 14.2 Å². The maximum Gasteiger partial charge on any atom is 0.123 e. The largest absolute Gasteiger partial charge is 0.496 e. The Balaban J connectivity index is 1.27. The molecule has 4 heteroatoms. The molecule has 6 aromatic rings.